The number of rotatable bonds is 2. The van der Waals surface area contributed by atoms with Gasteiger partial charge in [0, 0.05) is 4.88 Å². The molecule has 0 radical (unpaired) electrons. The third-order valence-corrected chi connectivity index (χ3v) is 3.18. The first kappa shape index (κ1) is 11.5. The number of carboxylic acids is 1. The molecule has 0 aliphatic heterocycles. The van der Waals surface area contributed by atoms with E-state index in [1.165, 1.54) is 0 Å². The summed E-state index contributed by atoms with van der Waals surface area (Å²) in [5.41, 5.74) is -0.130. The van der Waals surface area contributed by atoms with Crippen LogP contribution < -0.4 is 0 Å². The van der Waals surface area contributed by atoms with Crippen LogP contribution in [0.25, 0.3) is 0 Å². The van der Waals surface area contributed by atoms with E-state index in [0.717, 1.165) is 17.4 Å². The highest BCUT2D eigenvalue weighted by atomic mass is 79.9. The van der Waals surface area contributed by atoms with Crippen LogP contribution in [0.1, 0.15) is 15.2 Å². The molecule has 0 unspecified atom stereocenters. The molecule has 0 amide bonds. The van der Waals surface area contributed by atoms with Crippen molar-refractivity contribution in [2.45, 2.75) is 12.6 Å². The van der Waals surface area contributed by atoms with Gasteiger partial charge in [-0.3, -0.25) is 0 Å². The summed E-state index contributed by atoms with van der Waals surface area (Å²) in [7, 11) is 0. The van der Waals surface area contributed by atoms with Gasteiger partial charge < -0.3 is 5.11 Å². The van der Waals surface area contributed by atoms with E-state index in [1.54, 1.807) is 0 Å². The van der Waals surface area contributed by atoms with Gasteiger partial charge in [-0.2, -0.15) is 13.2 Å². The molecule has 1 rings (SSSR count). The Kier molecular flexibility index (Phi) is 3.20. The fraction of sp³-hybridized carbons (Fsp3) is 0.286. The quantitative estimate of drug-likeness (QED) is 0.906. The molecule has 1 N–H and O–H groups in total. The van der Waals surface area contributed by atoms with Crippen LogP contribution in [0.5, 0.6) is 0 Å². The molecule has 0 atom stereocenters. The lowest BCUT2D eigenvalue weighted by atomic mass is 10.3. The molecule has 1 aromatic heterocycles. The van der Waals surface area contributed by atoms with Crippen molar-refractivity contribution in [2.24, 2.45) is 0 Å². The number of thiophene rings is 1. The van der Waals surface area contributed by atoms with Gasteiger partial charge in [-0.25, -0.2) is 4.79 Å². The molecule has 0 spiro atoms. The van der Waals surface area contributed by atoms with Crippen molar-refractivity contribution in [3.63, 3.8) is 0 Å². The van der Waals surface area contributed by atoms with Gasteiger partial charge >= 0.3 is 12.1 Å². The normalized spacial score (nSPS) is 11.7. The number of carboxylic acid groups (broad SMARTS) is 1. The van der Waals surface area contributed by atoms with Crippen molar-refractivity contribution >= 4 is 33.2 Å². The zero-order chi connectivity index (χ0) is 10.9. The molecule has 1 heterocycles. The fourth-order valence-corrected chi connectivity index (χ4v) is 2.65. The van der Waals surface area contributed by atoms with Gasteiger partial charge in [0.25, 0.3) is 0 Å². The predicted octanol–water partition coefficient (Wildman–Crippen LogP) is 3.31. The average Bonchev–Trinajstić information content (AvgIpc) is 2.26. The molecule has 0 aliphatic rings. The first-order valence-corrected chi connectivity index (χ1v) is 4.99. The highest BCUT2D eigenvalue weighted by molar-refractivity contribution is 9.11. The Balaban J connectivity index is 2.92. The van der Waals surface area contributed by atoms with Crippen LogP contribution in [0.4, 0.5) is 13.2 Å². The van der Waals surface area contributed by atoms with E-state index in [1.807, 2.05) is 0 Å². The summed E-state index contributed by atoms with van der Waals surface area (Å²) in [6.45, 7) is 0. The Bertz CT molecular complexity index is 358. The summed E-state index contributed by atoms with van der Waals surface area (Å²) in [6, 6.07) is 1.03. The Morgan fingerprint density at radius 3 is 2.50 bits per heavy atom. The molecule has 0 bridgehead atoms. The summed E-state index contributed by atoms with van der Waals surface area (Å²) >= 11 is 3.68. The van der Waals surface area contributed by atoms with E-state index in [0.29, 0.717) is 0 Å². The second-order valence-electron chi connectivity index (χ2n) is 2.50. The second-order valence-corrected chi connectivity index (χ2v) is 4.95. The first-order valence-electron chi connectivity index (χ1n) is 3.38. The molecule has 0 saturated carbocycles. The summed E-state index contributed by atoms with van der Waals surface area (Å²) in [6.07, 6.45) is -5.40. The van der Waals surface area contributed by atoms with E-state index in [9.17, 15) is 18.0 Å². The summed E-state index contributed by atoms with van der Waals surface area (Å²) in [4.78, 5) is 10.5. The van der Waals surface area contributed by atoms with E-state index in [4.69, 9.17) is 5.11 Å². The van der Waals surface area contributed by atoms with Gasteiger partial charge in [0.15, 0.2) is 0 Å². The van der Waals surface area contributed by atoms with Crippen LogP contribution >= 0.6 is 27.3 Å². The number of hydrogen-bond acceptors (Lipinski definition) is 2. The zero-order valence-corrected chi connectivity index (χ0v) is 8.96. The van der Waals surface area contributed by atoms with E-state index < -0.39 is 18.6 Å². The Morgan fingerprint density at radius 2 is 2.14 bits per heavy atom. The van der Waals surface area contributed by atoms with Crippen LogP contribution in [-0.4, -0.2) is 17.3 Å². The zero-order valence-electron chi connectivity index (χ0n) is 6.56. The van der Waals surface area contributed by atoms with Gasteiger partial charge in [-0.05, 0) is 22.0 Å². The van der Waals surface area contributed by atoms with Gasteiger partial charge in [-0.1, -0.05) is 0 Å². The third kappa shape index (κ3) is 2.98. The van der Waals surface area contributed by atoms with Crippen LogP contribution in [0.3, 0.4) is 0 Å². The van der Waals surface area contributed by atoms with Gasteiger partial charge in [0.05, 0.1) is 15.8 Å². The maximum Gasteiger partial charge on any atom is 0.393 e. The van der Waals surface area contributed by atoms with Crippen molar-refractivity contribution in [3.8, 4) is 0 Å². The van der Waals surface area contributed by atoms with Crippen LogP contribution in [-0.2, 0) is 6.42 Å². The SMILES string of the molecule is O=C(O)c1cc(CC(F)(F)F)sc1Br. The lowest BCUT2D eigenvalue weighted by Gasteiger charge is -2.01. The van der Waals surface area contributed by atoms with Crippen LogP contribution in [0, 0.1) is 0 Å². The maximum atomic E-state index is 11.9. The largest absolute Gasteiger partial charge is 0.478 e. The third-order valence-electron chi connectivity index (χ3n) is 1.34. The lowest BCUT2D eigenvalue weighted by Crippen LogP contribution is -2.10. The van der Waals surface area contributed by atoms with Crippen molar-refractivity contribution in [2.75, 3.05) is 0 Å². The minimum atomic E-state index is -4.31. The lowest BCUT2D eigenvalue weighted by molar-refractivity contribution is -0.126. The van der Waals surface area contributed by atoms with Crippen molar-refractivity contribution in [3.05, 3.63) is 20.3 Å². The van der Waals surface area contributed by atoms with Crippen LogP contribution in [0.15, 0.2) is 9.85 Å². The standard InChI is InChI=1S/C7H4BrF3O2S/c8-5-4(6(12)13)1-3(14-5)2-7(9,10)11/h1H,2H2,(H,12,13). The summed E-state index contributed by atoms with van der Waals surface area (Å²) < 4.78 is 36.0. The van der Waals surface area contributed by atoms with Gasteiger partial charge in [0.2, 0.25) is 0 Å². The number of carbonyl (C=O) groups is 1. The molecule has 2 nitrogen and oxygen atoms in total. The molecule has 0 fully saturated rings. The molecule has 0 saturated heterocycles. The molecule has 78 valence electrons. The first-order chi connectivity index (χ1) is 6.29. The van der Waals surface area contributed by atoms with Gasteiger partial charge in [-0.15, -0.1) is 11.3 Å². The van der Waals surface area contributed by atoms with Crippen molar-refractivity contribution in [1.82, 2.24) is 0 Å². The van der Waals surface area contributed by atoms with E-state index in [2.05, 4.69) is 15.9 Å². The molecule has 0 aromatic carbocycles. The van der Waals surface area contributed by atoms with Crippen molar-refractivity contribution in [1.29, 1.82) is 0 Å². The topological polar surface area (TPSA) is 37.3 Å². The van der Waals surface area contributed by atoms with Crippen LogP contribution in [0.2, 0.25) is 0 Å². The Morgan fingerprint density at radius 1 is 1.57 bits per heavy atom. The molecular weight excluding hydrogens is 285 g/mol. The Labute approximate surface area is 89.5 Å². The van der Waals surface area contributed by atoms with Gasteiger partial charge in [0.1, 0.15) is 0 Å². The minimum absolute atomic E-state index is 0.0122. The second kappa shape index (κ2) is 3.90. The smallest absolute Gasteiger partial charge is 0.393 e. The summed E-state index contributed by atoms with van der Waals surface area (Å²) in [5, 5.41) is 8.57. The average molecular weight is 289 g/mol. The maximum absolute atomic E-state index is 11.9. The number of alkyl halides is 3. The molecule has 14 heavy (non-hydrogen) atoms. The number of aromatic carboxylic acids is 1. The predicted molar refractivity (Wildman–Crippen MR) is 48.7 cm³/mol. The Hall–Kier alpha value is -0.560. The minimum Gasteiger partial charge on any atom is -0.478 e. The number of hydrogen-bond donors (Lipinski definition) is 1. The van der Waals surface area contributed by atoms with E-state index >= 15 is 0 Å². The summed E-state index contributed by atoms with van der Waals surface area (Å²) in [5.74, 6) is -1.23. The van der Waals surface area contributed by atoms with E-state index in [-0.39, 0.29) is 14.2 Å². The molecule has 0 aliphatic carbocycles. The van der Waals surface area contributed by atoms with Crippen molar-refractivity contribution < 1.29 is 23.1 Å². The number of halogens is 4. The highest BCUT2D eigenvalue weighted by Gasteiger charge is 2.29. The molecule has 7 heteroatoms. The molecular formula is C7H4BrF3O2S. The highest BCUT2D eigenvalue weighted by Crippen LogP contribution is 2.32. The fourth-order valence-electron chi connectivity index (χ4n) is 0.848. The monoisotopic (exact) mass is 288 g/mol. The molecule has 1 aromatic rings.